The van der Waals surface area contributed by atoms with Crippen molar-refractivity contribution in [3.05, 3.63) is 53.1 Å². The number of nitrogens with zero attached hydrogens (tertiary/aromatic N) is 2. The lowest BCUT2D eigenvalue weighted by Crippen LogP contribution is -2.62. The fourth-order valence-corrected chi connectivity index (χ4v) is 9.84. The van der Waals surface area contributed by atoms with E-state index in [9.17, 15) is 19.1 Å². The summed E-state index contributed by atoms with van der Waals surface area (Å²) in [7, 11) is 1.55. The first-order chi connectivity index (χ1) is 19.6. The van der Waals surface area contributed by atoms with Gasteiger partial charge in [0.1, 0.15) is 5.82 Å². The minimum Gasteiger partial charge on any atom is -0.449 e. The third-order valence-electron chi connectivity index (χ3n) is 10.8. The summed E-state index contributed by atoms with van der Waals surface area (Å²) in [6.45, 7) is 6.09. The standard InChI is InChI=1S/C32H39FN2O5S/c1-5-27(37)40-32(29(38)41-18-39-4)13-12-24-23-11-6-20-14-25-19(17-34-35(25)22-9-7-21(33)8-10-22)15-30(20,2)28(23)26(36)16-31(24,32)3/h7-10,14,17,23-24,26,28,36H,5-6,11-13,15-16,18H2,1-4H3/t23-,24-,26-,28+,30?,31-,32-/m0/s1. The smallest absolute Gasteiger partial charge is 0.306 e. The van der Waals surface area contributed by atoms with E-state index < -0.39 is 17.1 Å². The molecule has 6 rings (SSSR count). The molecule has 3 fully saturated rings. The third kappa shape index (κ3) is 4.25. The molecule has 41 heavy (non-hydrogen) atoms. The average Bonchev–Trinajstić information content (AvgIpc) is 3.48. The largest absolute Gasteiger partial charge is 0.449 e. The molecule has 0 aliphatic heterocycles. The predicted octanol–water partition coefficient (Wildman–Crippen LogP) is 5.72. The number of hydrogen-bond donors (Lipinski definition) is 1. The number of rotatable bonds is 6. The molecule has 2 aromatic rings. The van der Waals surface area contributed by atoms with Gasteiger partial charge in [-0.25, -0.2) is 9.07 Å². The number of halogens is 1. The Morgan fingerprint density at radius 1 is 1.22 bits per heavy atom. The lowest BCUT2D eigenvalue weighted by atomic mass is 9.45. The summed E-state index contributed by atoms with van der Waals surface area (Å²) >= 11 is 1.06. The van der Waals surface area contributed by atoms with E-state index in [2.05, 4.69) is 25.0 Å². The molecule has 1 aromatic heterocycles. The SMILES string of the molecule is CCC(=O)O[C@]1(C(=O)SCOC)CC[C@H]2[C@@H]3CCC4=Cc5c(cnn5-c5ccc(F)cc5)CC4(C)[C@H]3[C@@H](O)C[C@@]21C. The highest BCUT2D eigenvalue weighted by Gasteiger charge is 2.70. The molecule has 9 heteroatoms. The molecule has 4 aliphatic carbocycles. The summed E-state index contributed by atoms with van der Waals surface area (Å²) in [4.78, 5) is 26.5. The molecule has 1 N–H and O–H groups in total. The van der Waals surface area contributed by atoms with Crippen LogP contribution in [0, 0.1) is 34.4 Å². The predicted molar refractivity (Wildman–Crippen MR) is 155 cm³/mol. The van der Waals surface area contributed by atoms with Crippen LogP contribution in [0.2, 0.25) is 0 Å². The number of aromatic nitrogens is 2. The summed E-state index contributed by atoms with van der Waals surface area (Å²) in [6.07, 6.45) is 7.88. The second-order valence-electron chi connectivity index (χ2n) is 12.8. The van der Waals surface area contributed by atoms with Gasteiger partial charge in [-0.3, -0.25) is 9.59 Å². The number of methoxy groups -OCH3 is 1. The average molecular weight is 583 g/mol. The van der Waals surface area contributed by atoms with E-state index in [0.29, 0.717) is 12.8 Å². The number of aliphatic hydroxyl groups excluding tert-OH is 1. The van der Waals surface area contributed by atoms with Crippen molar-refractivity contribution in [2.45, 2.75) is 77.4 Å². The molecule has 1 unspecified atom stereocenters. The number of carbonyl (C=O) groups is 2. The maximum atomic E-state index is 13.8. The summed E-state index contributed by atoms with van der Waals surface area (Å²) < 4.78 is 26.7. The van der Waals surface area contributed by atoms with E-state index in [-0.39, 0.29) is 52.4 Å². The van der Waals surface area contributed by atoms with Crippen LogP contribution < -0.4 is 0 Å². The first kappa shape index (κ1) is 28.6. The summed E-state index contributed by atoms with van der Waals surface area (Å²) in [5.74, 6) is -0.108. The van der Waals surface area contributed by atoms with Gasteiger partial charge in [-0.1, -0.05) is 38.1 Å². The van der Waals surface area contributed by atoms with Crippen LogP contribution in [0.15, 0.2) is 36.0 Å². The molecule has 0 spiro atoms. The monoisotopic (exact) mass is 582 g/mol. The number of carbonyl (C=O) groups excluding carboxylic acids is 2. The van der Waals surface area contributed by atoms with E-state index in [1.807, 2.05) is 10.9 Å². The van der Waals surface area contributed by atoms with Crippen molar-refractivity contribution in [1.29, 1.82) is 0 Å². The maximum Gasteiger partial charge on any atom is 0.306 e. The number of thioether (sulfide) groups is 1. The number of esters is 1. The first-order valence-corrected chi connectivity index (χ1v) is 15.7. The van der Waals surface area contributed by atoms with E-state index in [4.69, 9.17) is 9.47 Å². The van der Waals surface area contributed by atoms with Crippen molar-refractivity contribution in [1.82, 2.24) is 9.78 Å². The number of ether oxygens (including phenoxy) is 2. The Hall–Kier alpha value is -2.49. The fraction of sp³-hybridized carbons (Fsp3) is 0.594. The lowest BCUT2D eigenvalue weighted by Gasteiger charge is -2.60. The normalized spacial score (nSPS) is 35.5. The van der Waals surface area contributed by atoms with Crippen LogP contribution in [0.25, 0.3) is 11.8 Å². The Labute approximate surface area is 244 Å². The summed E-state index contributed by atoms with van der Waals surface area (Å²) in [6, 6.07) is 6.37. The molecule has 7 atom stereocenters. The van der Waals surface area contributed by atoms with E-state index in [1.165, 1.54) is 17.7 Å². The molecule has 220 valence electrons. The number of benzene rings is 1. The van der Waals surface area contributed by atoms with Gasteiger partial charge in [0.15, 0.2) is 5.60 Å². The minimum atomic E-state index is -1.27. The maximum absolute atomic E-state index is 13.8. The zero-order valence-corrected chi connectivity index (χ0v) is 25.0. The number of aliphatic hydroxyl groups is 1. The van der Waals surface area contributed by atoms with Crippen LogP contribution in [-0.2, 0) is 25.5 Å². The van der Waals surface area contributed by atoms with Crippen molar-refractivity contribution in [3.8, 4) is 5.69 Å². The highest BCUT2D eigenvalue weighted by atomic mass is 32.2. The van der Waals surface area contributed by atoms with Crippen LogP contribution in [0.5, 0.6) is 0 Å². The van der Waals surface area contributed by atoms with E-state index >= 15 is 0 Å². The number of allylic oxidation sites excluding steroid dienone is 1. The topological polar surface area (TPSA) is 90.7 Å². The van der Waals surface area contributed by atoms with Crippen molar-refractivity contribution < 1.29 is 28.6 Å². The van der Waals surface area contributed by atoms with Gasteiger partial charge in [0, 0.05) is 18.9 Å². The first-order valence-electron chi connectivity index (χ1n) is 14.7. The molecule has 0 saturated heterocycles. The van der Waals surface area contributed by atoms with Gasteiger partial charge < -0.3 is 14.6 Å². The molecule has 1 aromatic carbocycles. The van der Waals surface area contributed by atoms with Gasteiger partial charge in [-0.15, -0.1) is 0 Å². The molecule has 0 radical (unpaired) electrons. The molecule has 1 heterocycles. The molecule has 4 aliphatic rings. The zero-order valence-electron chi connectivity index (χ0n) is 24.2. The van der Waals surface area contributed by atoms with Gasteiger partial charge in [-0.2, -0.15) is 5.10 Å². The van der Waals surface area contributed by atoms with Gasteiger partial charge in [0.25, 0.3) is 0 Å². The molecule has 7 nitrogen and oxygen atoms in total. The van der Waals surface area contributed by atoms with Crippen LogP contribution in [0.1, 0.15) is 70.6 Å². The molecule has 0 bridgehead atoms. The Bertz CT molecular complexity index is 1390. The summed E-state index contributed by atoms with van der Waals surface area (Å²) in [5.41, 5.74) is 2.07. The number of fused-ring (bicyclic) bond motifs is 6. The van der Waals surface area contributed by atoms with Crippen molar-refractivity contribution in [3.63, 3.8) is 0 Å². The zero-order chi connectivity index (χ0) is 29.2. The van der Waals surface area contributed by atoms with Crippen LogP contribution in [0.3, 0.4) is 0 Å². The van der Waals surface area contributed by atoms with Crippen LogP contribution >= 0.6 is 11.8 Å². The quantitative estimate of drug-likeness (QED) is 0.344. The van der Waals surface area contributed by atoms with Crippen LogP contribution in [-0.4, -0.2) is 50.7 Å². The van der Waals surface area contributed by atoms with E-state index in [1.54, 1.807) is 26.2 Å². The van der Waals surface area contributed by atoms with Crippen molar-refractivity contribution >= 4 is 28.9 Å². The lowest BCUT2D eigenvalue weighted by molar-refractivity contribution is -0.196. The van der Waals surface area contributed by atoms with E-state index in [0.717, 1.165) is 54.4 Å². The molecular formula is C32H39FN2O5S. The summed E-state index contributed by atoms with van der Waals surface area (Å²) in [5, 5.41) is 16.5. The fourth-order valence-electron chi connectivity index (χ4n) is 9.00. The highest BCUT2D eigenvalue weighted by molar-refractivity contribution is 8.13. The van der Waals surface area contributed by atoms with Gasteiger partial charge in [0.05, 0.1) is 29.6 Å². The second-order valence-corrected chi connectivity index (χ2v) is 13.7. The molecule has 3 saturated carbocycles. The Morgan fingerprint density at radius 2 is 1.98 bits per heavy atom. The van der Waals surface area contributed by atoms with Crippen LogP contribution in [0.4, 0.5) is 4.39 Å². The highest BCUT2D eigenvalue weighted by Crippen LogP contribution is 2.68. The van der Waals surface area contributed by atoms with Crippen molar-refractivity contribution in [2.24, 2.45) is 28.6 Å². The molecular weight excluding hydrogens is 543 g/mol. The van der Waals surface area contributed by atoms with Crippen molar-refractivity contribution in [2.75, 3.05) is 13.0 Å². The third-order valence-corrected chi connectivity index (χ3v) is 11.8. The number of hydrogen-bond acceptors (Lipinski definition) is 7. The molecule has 0 amide bonds. The van der Waals surface area contributed by atoms with Gasteiger partial charge >= 0.3 is 5.97 Å². The second kappa shape index (κ2) is 10.3. The van der Waals surface area contributed by atoms with Gasteiger partial charge in [-0.05, 0) is 97.6 Å². The Kier molecular flexibility index (Phi) is 7.22. The Balaban J connectivity index is 1.34. The van der Waals surface area contributed by atoms with Gasteiger partial charge in [0.2, 0.25) is 5.12 Å². The minimum absolute atomic E-state index is 0.0160. The Morgan fingerprint density at radius 3 is 2.68 bits per heavy atom.